The number of nitrogens with zero attached hydrogens (tertiary/aromatic N) is 3. The van der Waals surface area contributed by atoms with Crippen LogP contribution in [0, 0.1) is 13.8 Å². The maximum atomic E-state index is 4.38. The van der Waals surface area contributed by atoms with Crippen LogP contribution in [-0.2, 0) is 0 Å². The molecule has 2 N–H and O–H groups in total. The summed E-state index contributed by atoms with van der Waals surface area (Å²) in [4.78, 5) is 11.1. The lowest BCUT2D eigenvalue weighted by Gasteiger charge is -2.33. The third-order valence-electron chi connectivity index (χ3n) is 3.12. The number of aromatic nitrogens is 2. The van der Waals surface area contributed by atoms with Crippen molar-refractivity contribution in [1.29, 1.82) is 0 Å². The van der Waals surface area contributed by atoms with Crippen LogP contribution >= 0.6 is 0 Å². The Kier molecular flexibility index (Phi) is 3.91. The Hall–Kier alpha value is -1.20. The van der Waals surface area contributed by atoms with E-state index in [1.54, 1.807) is 0 Å². The van der Waals surface area contributed by atoms with E-state index < -0.39 is 0 Å². The fourth-order valence-corrected chi connectivity index (χ4v) is 2.10. The molecule has 0 saturated carbocycles. The number of likely N-dealkylation sites (N-methyl/N-ethyl adjacent to an activating group) is 1. The van der Waals surface area contributed by atoms with Gasteiger partial charge < -0.3 is 10.6 Å². The highest BCUT2D eigenvalue weighted by molar-refractivity contribution is 5.27. The first kappa shape index (κ1) is 12.3. The largest absolute Gasteiger partial charge is 0.353 e. The van der Waals surface area contributed by atoms with Crippen molar-refractivity contribution in [2.45, 2.75) is 19.9 Å². The van der Waals surface area contributed by atoms with Gasteiger partial charge in [0.1, 0.15) is 0 Å². The molecule has 94 valence electrons. The number of hydrogen-bond donors (Lipinski definition) is 2. The van der Waals surface area contributed by atoms with Crippen molar-refractivity contribution < 1.29 is 0 Å². The highest BCUT2D eigenvalue weighted by Crippen LogP contribution is 2.05. The standard InChI is InChI=1S/C12H21N5/c1-9-6-10(2)16-12(15-9)14-8-11-7-13-4-5-17(11)3/h6,11,13H,4-5,7-8H2,1-3H3,(H,14,15,16). The lowest BCUT2D eigenvalue weighted by Crippen LogP contribution is -2.52. The fourth-order valence-electron chi connectivity index (χ4n) is 2.10. The summed E-state index contributed by atoms with van der Waals surface area (Å²) in [7, 11) is 2.16. The minimum Gasteiger partial charge on any atom is -0.353 e. The van der Waals surface area contributed by atoms with Crippen molar-refractivity contribution >= 4 is 5.95 Å². The molecule has 1 fully saturated rings. The van der Waals surface area contributed by atoms with E-state index in [2.05, 4.69) is 32.5 Å². The van der Waals surface area contributed by atoms with E-state index in [4.69, 9.17) is 0 Å². The molecule has 5 nitrogen and oxygen atoms in total. The average molecular weight is 235 g/mol. The van der Waals surface area contributed by atoms with Crippen molar-refractivity contribution in [2.75, 3.05) is 38.5 Å². The number of piperazine rings is 1. The molecule has 0 aromatic carbocycles. The molecule has 0 bridgehead atoms. The zero-order chi connectivity index (χ0) is 12.3. The molecule has 17 heavy (non-hydrogen) atoms. The van der Waals surface area contributed by atoms with Gasteiger partial charge in [-0.3, -0.25) is 4.90 Å². The highest BCUT2D eigenvalue weighted by atomic mass is 15.2. The first-order valence-electron chi connectivity index (χ1n) is 6.12. The van der Waals surface area contributed by atoms with E-state index >= 15 is 0 Å². The van der Waals surface area contributed by atoms with E-state index in [0.29, 0.717) is 6.04 Å². The molecule has 0 radical (unpaired) electrons. The lowest BCUT2D eigenvalue weighted by molar-refractivity contribution is 0.209. The molecule has 0 spiro atoms. The quantitative estimate of drug-likeness (QED) is 0.795. The SMILES string of the molecule is Cc1cc(C)nc(NCC2CNCCN2C)n1. The molecule has 0 aliphatic carbocycles. The van der Waals surface area contributed by atoms with Crippen LogP contribution in [-0.4, -0.2) is 54.1 Å². The van der Waals surface area contributed by atoms with E-state index in [1.165, 1.54) is 0 Å². The van der Waals surface area contributed by atoms with E-state index in [9.17, 15) is 0 Å². The summed E-state index contributed by atoms with van der Waals surface area (Å²) in [5.74, 6) is 0.737. The van der Waals surface area contributed by atoms with Crippen molar-refractivity contribution in [2.24, 2.45) is 0 Å². The molecular weight excluding hydrogens is 214 g/mol. The molecule has 1 aliphatic heterocycles. The number of nitrogens with one attached hydrogen (secondary N) is 2. The van der Waals surface area contributed by atoms with Crippen LogP contribution in [0.4, 0.5) is 5.95 Å². The third-order valence-corrected chi connectivity index (χ3v) is 3.12. The molecule has 0 amide bonds. The van der Waals surface area contributed by atoms with Gasteiger partial charge in [-0.1, -0.05) is 0 Å². The minimum atomic E-state index is 0.508. The van der Waals surface area contributed by atoms with Crippen LogP contribution in [0.25, 0.3) is 0 Å². The maximum absolute atomic E-state index is 4.38. The smallest absolute Gasteiger partial charge is 0.223 e. The Morgan fingerprint density at radius 3 is 2.76 bits per heavy atom. The van der Waals surface area contributed by atoms with Crippen molar-refractivity contribution in [3.63, 3.8) is 0 Å². The summed E-state index contributed by atoms with van der Waals surface area (Å²) in [6.45, 7) is 8.07. The van der Waals surface area contributed by atoms with E-state index in [1.807, 2.05) is 19.9 Å². The second-order valence-corrected chi connectivity index (χ2v) is 4.69. The molecule has 1 aromatic heterocycles. The van der Waals surface area contributed by atoms with Crippen LogP contribution in [0.1, 0.15) is 11.4 Å². The zero-order valence-corrected chi connectivity index (χ0v) is 10.8. The Morgan fingerprint density at radius 1 is 1.41 bits per heavy atom. The fraction of sp³-hybridized carbons (Fsp3) is 0.667. The molecule has 2 heterocycles. The Labute approximate surface area is 103 Å². The van der Waals surface area contributed by atoms with Crippen molar-refractivity contribution in [1.82, 2.24) is 20.2 Å². The van der Waals surface area contributed by atoms with Gasteiger partial charge >= 0.3 is 0 Å². The predicted octanol–water partition coefficient (Wildman–Crippen LogP) is 0.409. The minimum absolute atomic E-state index is 0.508. The first-order valence-corrected chi connectivity index (χ1v) is 6.12. The number of rotatable bonds is 3. The van der Waals surface area contributed by atoms with Crippen LogP contribution < -0.4 is 10.6 Å². The van der Waals surface area contributed by atoms with Gasteiger partial charge in [0.2, 0.25) is 5.95 Å². The topological polar surface area (TPSA) is 53.1 Å². The summed E-state index contributed by atoms with van der Waals surface area (Å²) >= 11 is 0. The van der Waals surface area contributed by atoms with Gasteiger partial charge in [0.15, 0.2) is 0 Å². The molecule has 5 heteroatoms. The number of anilines is 1. The molecule has 1 saturated heterocycles. The van der Waals surface area contributed by atoms with Gasteiger partial charge in [-0.25, -0.2) is 9.97 Å². The molecule has 1 aliphatic rings. The first-order chi connectivity index (χ1) is 8.15. The van der Waals surface area contributed by atoms with Gasteiger partial charge in [0, 0.05) is 43.6 Å². The van der Waals surface area contributed by atoms with Crippen LogP contribution in [0.15, 0.2) is 6.07 Å². The van der Waals surface area contributed by atoms with Gasteiger partial charge in [0.25, 0.3) is 0 Å². The van der Waals surface area contributed by atoms with Crippen LogP contribution in [0.3, 0.4) is 0 Å². The normalized spacial score (nSPS) is 21.5. The van der Waals surface area contributed by atoms with Gasteiger partial charge in [-0.15, -0.1) is 0 Å². The Bertz CT molecular complexity index is 359. The summed E-state index contributed by atoms with van der Waals surface area (Å²) in [5.41, 5.74) is 2.02. The summed E-state index contributed by atoms with van der Waals surface area (Å²) < 4.78 is 0. The lowest BCUT2D eigenvalue weighted by atomic mass is 10.2. The van der Waals surface area contributed by atoms with E-state index in [0.717, 1.165) is 43.5 Å². The van der Waals surface area contributed by atoms with Crippen molar-refractivity contribution in [3.05, 3.63) is 17.5 Å². The number of aryl methyl sites for hydroxylation is 2. The van der Waals surface area contributed by atoms with E-state index in [-0.39, 0.29) is 0 Å². The van der Waals surface area contributed by atoms with Gasteiger partial charge in [-0.05, 0) is 27.0 Å². The summed E-state index contributed by atoms with van der Waals surface area (Å²) in [6, 6.07) is 2.49. The zero-order valence-electron chi connectivity index (χ0n) is 10.8. The van der Waals surface area contributed by atoms with Crippen LogP contribution in [0.2, 0.25) is 0 Å². The summed E-state index contributed by atoms with van der Waals surface area (Å²) in [5, 5.41) is 6.72. The maximum Gasteiger partial charge on any atom is 0.223 e. The molecule has 2 rings (SSSR count). The summed E-state index contributed by atoms with van der Waals surface area (Å²) in [6.07, 6.45) is 0. The van der Waals surface area contributed by atoms with Crippen molar-refractivity contribution in [3.8, 4) is 0 Å². The molecule has 1 aromatic rings. The van der Waals surface area contributed by atoms with Crippen LogP contribution in [0.5, 0.6) is 0 Å². The highest BCUT2D eigenvalue weighted by Gasteiger charge is 2.18. The number of hydrogen-bond acceptors (Lipinski definition) is 5. The Morgan fingerprint density at radius 2 is 2.12 bits per heavy atom. The molecule has 1 unspecified atom stereocenters. The van der Waals surface area contributed by atoms with Gasteiger partial charge in [-0.2, -0.15) is 0 Å². The predicted molar refractivity (Wildman–Crippen MR) is 69.3 cm³/mol. The third kappa shape index (κ3) is 3.38. The second-order valence-electron chi connectivity index (χ2n) is 4.69. The molecule has 1 atom stereocenters. The molecular formula is C12H21N5. The second kappa shape index (κ2) is 5.42. The average Bonchev–Trinajstić information content (AvgIpc) is 2.27. The Balaban J connectivity index is 1.92. The van der Waals surface area contributed by atoms with Gasteiger partial charge in [0.05, 0.1) is 0 Å². The monoisotopic (exact) mass is 235 g/mol.